The summed E-state index contributed by atoms with van der Waals surface area (Å²) in [5.41, 5.74) is -0.572. The Morgan fingerprint density at radius 2 is 1.53 bits per heavy atom. The van der Waals surface area contributed by atoms with E-state index in [2.05, 4.69) is 47.5 Å². The molecule has 3 aromatic rings. The molecule has 1 N–H and O–H groups in total. The quantitative estimate of drug-likeness (QED) is 0.305. The van der Waals surface area contributed by atoms with Crippen LogP contribution in [0.1, 0.15) is 59.6 Å². The average molecular weight is 599 g/mol. The smallest absolute Gasteiger partial charge is 0.351 e. The van der Waals surface area contributed by atoms with Gasteiger partial charge in [-0.15, -0.1) is 0 Å². The van der Waals surface area contributed by atoms with Crippen LogP contribution < -0.4 is 5.32 Å². The molecule has 2 fully saturated rings. The highest BCUT2D eigenvalue weighted by Crippen LogP contribution is 2.51. The Morgan fingerprint density at radius 3 is 2.16 bits per heavy atom. The van der Waals surface area contributed by atoms with Crippen molar-refractivity contribution in [3.8, 4) is 0 Å². The van der Waals surface area contributed by atoms with E-state index in [1.807, 2.05) is 36.4 Å². The molecule has 2 aliphatic carbocycles. The van der Waals surface area contributed by atoms with Crippen LogP contribution in [0.4, 0.5) is 26.3 Å². The zero-order chi connectivity index (χ0) is 30.6. The first kappa shape index (κ1) is 29.5. The number of likely N-dealkylation sites (tertiary alicyclic amines) is 1. The second-order valence-corrected chi connectivity index (χ2v) is 12.2. The molecule has 0 unspecified atom stereocenters. The standard InChI is InChI=1S/C34H32F6N2O/c1-22-21-42(14-13-31(22)12-11-24-7-5-6-10-29(24)31)28-18-32(19-28,25-8-3-2-4-9-25)30(43)41-20-23-15-26(33(35,36)37)17-27(16-23)34(38,39)40/h2-12,15-17,22,28H,13-14,18-21H2,1H3,(H,41,43)/t22-,28?,31-,32?/m0/s1. The monoisotopic (exact) mass is 598 g/mol. The third-order valence-electron chi connectivity index (χ3n) is 9.77. The maximum absolute atomic E-state index is 13.7. The molecule has 3 nitrogen and oxygen atoms in total. The van der Waals surface area contributed by atoms with Crippen LogP contribution in [0.3, 0.4) is 0 Å². The van der Waals surface area contributed by atoms with Gasteiger partial charge in [-0.05, 0) is 72.2 Å². The van der Waals surface area contributed by atoms with Crippen LogP contribution in [0.15, 0.2) is 78.9 Å². The molecule has 9 heteroatoms. The van der Waals surface area contributed by atoms with Crippen LogP contribution in [-0.2, 0) is 34.5 Å². The second-order valence-electron chi connectivity index (χ2n) is 12.2. The van der Waals surface area contributed by atoms with Gasteiger partial charge in [0.15, 0.2) is 0 Å². The number of hydrogen-bond acceptors (Lipinski definition) is 2. The number of carbonyl (C=O) groups excluding carboxylic acids is 1. The van der Waals surface area contributed by atoms with Crippen LogP contribution in [0, 0.1) is 5.92 Å². The van der Waals surface area contributed by atoms with Crippen molar-refractivity contribution in [2.45, 2.75) is 62.0 Å². The van der Waals surface area contributed by atoms with E-state index < -0.39 is 41.3 Å². The third kappa shape index (κ3) is 5.26. The molecule has 1 saturated heterocycles. The lowest BCUT2D eigenvalue weighted by Gasteiger charge is -2.55. The van der Waals surface area contributed by atoms with Crippen LogP contribution in [-0.4, -0.2) is 29.9 Å². The molecule has 1 amide bonds. The minimum Gasteiger partial charge on any atom is -0.351 e. The first-order chi connectivity index (χ1) is 20.3. The molecule has 43 heavy (non-hydrogen) atoms. The summed E-state index contributed by atoms with van der Waals surface area (Å²) in [6.45, 7) is 3.55. The molecule has 0 aromatic heterocycles. The highest BCUT2D eigenvalue weighted by molar-refractivity contribution is 5.89. The minimum absolute atomic E-state index is 0.00897. The molecular weight excluding hydrogens is 566 g/mol. The van der Waals surface area contributed by atoms with Gasteiger partial charge in [0.2, 0.25) is 5.91 Å². The summed E-state index contributed by atoms with van der Waals surface area (Å²) in [7, 11) is 0. The van der Waals surface area contributed by atoms with Gasteiger partial charge in [0.1, 0.15) is 0 Å². The summed E-state index contributed by atoms with van der Waals surface area (Å²) in [6, 6.07) is 19.2. The van der Waals surface area contributed by atoms with Crippen molar-refractivity contribution < 1.29 is 31.1 Å². The number of carbonyl (C=O) groups is 1. The highest BCUT2D eigenvalue weighted by atomic mass is 19.4. The topological polar surface area (TPSA) is 32.3 Å². The van der Waals surface area contributed by atoms with Gasteiger partial charge in [-0.1, -0.05) is 73.7 Å². The van der Waals surface area contributed by atoms with Gasteiger partial charge in [0, 0.05) is 24.5 Å². The summed E-state index contributed by atoms with van der Waals surface area (Å²) in [5.74, 6) is -0.0412. The molecule has 1 saturated carbocycles. The van der Waals surface area contributed by atoms with Crippen molar-refractivity contribution in [3.63, 3.8) is 0 Å². The Morgan fingerprint density at radius 1 is 0.907 bits per heavy atom. The Balaban J connectivity index is 1.18. The molecule has 2 atom stereocenters. The number of halogens is 6. The van der Waals surface area contributed by atoms with Crippen molar-refractivity contribution >= 4 is 12.0 Å². The summed E-state index contributed by atoms with van der Waals surface area (Å²) >= 11 is 0. The minimum atomic E-state index is -4.95. The molecule has 0 radical (unpaired) electrons. The lowest BCUT2D eigenvalue weighted by molar-refractivity contribution is -0.143. The van der Waals surface area contributed by atoms with E-state index in [4.69, 9.17) is 0 Å². The SMILES string of the molecule is C[C@H]1CN(C2CC(C(=O)NCc3cc(C(F)(F)F)cc(C(F)(F)F)c3)(c3ccccc3)C2)CC[C@@]12C=Cc1ccccc12. The Bertz CT molecular complexity index is 1510. The van der Waals surface area contributed by atoms with Gasteiger partial charge < -0.3 is 5.32 Å². The number of amides is 1. The van der Waals surface area contributed by atoms with Crippen molar-refractivity contribution in [1.29, 1.82) is 0 Å². The fourth-order valence-corrected chi connectivity index (χ4v) is 7.34. The number of nitrogens with one attached hydrogen (secondary N) is 1. The largest absolute Gasteiger partial charge is 0.416 e. The second kappa shape index (κ2) is 10.5. The van der Waals surface area contributed by atoms with Crippen LogP contribution in [0.2, 0.25) is 0 Å². The zero-order valence-electron chi connectivity index (χ0n) is 23.6. The van der Waals surface area contributed by atoms with Gasteiger partial charge in [-0.3, -0.25) is 9.69 Å². The Kier molecular flexibility index (Phi) is 7.23. The van der Waals surface area contributed by atoms with Crippen molar-refractivity contribution in [2.75, 3.05) is 13.1 Å². The Labute approximate surface area is 246 Å². The lowest BCUT2D eigenvalue weighted by Crippen LogP contribution is -2.62. The number of nitrogens with zero attached hydrogens (tertiary/aromatic N) is 1. The summed E-state index contributed by atoms with van der Waals surface area (Å²) < 4.78 is 80.2. The molecule has 1 aliphatic heterocycles. The molecule has 3 aromatic carbocycles. The lowest BCUT2D eigenvalue weighted by atomic mass is 9.59. The van der Waals surface area contributed by atoms with Crippen LogP contribution >= 0.6 is 0 Å². The molecule has 3 aliphatic rings. The molecular formula is C34H32F6N2O. The number of rotatable bonds is 5. The first-order valence-corrected chi connectivity index (χ1v) is 14.5. The average Bonchev–Trinajstić information content (AvgIpc) is 3.32. The van der Waals surface area contributed by atoms with Crippen LogP contribution in [0.25, 0.3) is 6.08 Å². The third-order valence-corrected chi connectivity index (χ3v) is 9.77. The molecule has 1 heterocycles. The van der Waals surface area contributed by atoms with Gasteiger partial charge in [0.25, 0.3) is 0 Å². The normalized spacial score (nSPS) is 27.1. The highest BCUT2D eigenvalue weighted by Gasteiger charge is 2.55. The van der Waals surface area contributed by atoms with E-state index in [1.165, 1.54) is 11.1 Å². The maximum atomic E-state index is 13.7. The van der Waals surface area contributed by atoms with E-state index in [-0.39, 0.29) is 23.1 Å². The van der Waals surface area contributed by atoms with Crippen molar-refractivity contribution in [3.05, 3.63) is 112 Å². The van der Waals surface area contributed by atoms with Gasteiger partial charge in [-0.2, -0.15) is 26.3 Å². The van der Waals surface area contributed by atoms with E-state index in [9.17, 15) is 31.1 Å². The number of piperidine rings is 1. The number of benzene rings is 3. The summed E-state index contributed by atoms with van der Waals surface area (Å²) in [5, 5.41) is 2.68. The fourth-order valence-electron chi connectivity index (χ4n) is 7.34. The summed E-state index contributed by atoms with van der Waals surface area (Å²) in [4.78, 5) is 16.2. The van der Waals surface area contributed by atoms with E-state index >= 15 is 0 Å². The Hall–Kier alpha value is -3.59. The van der Waals surface area contributed by atoms with E-state index in [0.717, 1.165) is 25.1 Å². The van der Waals surface area contributed by atoms with Crippen molar-refractivity contribution in [1.82, 2.24) is 10.2 Å². The number of allylic oxidation sites excluding steroid dienone is 1. The maximum Gasteiger partial charge on any atom is 0.416 e. The van der Waals surface area contributed by atoms with Crippen LogP contribution in [0.5, 0.6) is 0 Å². The molecule has 226 valence electrons. The van der Waals surface area contributed by atoms with Crippen molar-refractivity contribution in [2.24, 2.45) is 5.92 Å². The fraction of sp³-hybridized carbons (Fsp3) is 0.382. The number of alkyl halides is 6. The zero-order valence-corrected chi connectivity index (χ0v) is 23.6. The summed E-state index contributed by atoms with van der Waals surface area (Å²) in [6.07, 6.45) is -3.37. The predicted octanol–water partition coefficient (Wildman–Crippen LogP) is 7.75. The van der Waals surface area contributed by atoms with Gasteiger partial charge in [-0.25, -0.2) is 0 Å². The molecule has 1 spiro atoms. The molecule has 0 bridgehead atoms. The van der Waals surface area contributed by atoms with E-state index in [1.54, 1.807) is 0 Å². The van der Waals surface area contributed by atoms with E-state index in [0.29, 0.717) is 30.9 Å². The molecule has 6 rings (SSSR count). The predicted molar refractivity (Wildman–Crippen MR) is 152 cm³/mol. The number of fused-ring (bicyclic) bond motifs is 2. The number of hydrogen-bond donors (Lipinski definition) is 1. The van der Waals surface area contributed by atoms with Gasteiger partial charge in [0.05, 0.1) is 16.5 Å². The van der Waals surface area contributed by atoms with Gasteiger partial charge >= 0.3 is 12.4 Å². The first-order valence-electron chi connectivity index (χ1n) is 14.5.